The molecule has 1 saturated carbocycles. The van der Waals surface area contributed by atoms with Crippen LogP contribution in [0.15, 0.2) is 0 Å². The van der Waals surface area contributed by atoms with Crippen LogP contribution in [0.1, 0.15) is 32.6 Å². The third-order valence-corrected chi connectivity index (χ3v) is 2.53. The van der Waals surface area contributed by atoms with Crippen LogP contribution in [0.3, 0.4) is 0 Å². The minimum Gasteiger partial charge on any atom is -0.320 e. The van der Waals surface area contributed by atoms with E-state index in [4.69, 9.17) is 0 Å². The molecule has 1 N–H and O–H groups in total. The Morgan fingerprint density at radius 2 is 2.10 bits per heavy atom. The zero-order valence-corrected chi connectivity index (χ0v) is 7.19. The van der Waals surface area contributed by atoms with E-state index in [1.807, 2.05) is 7.05 Å². The first-order valence-corrected chi connectivity index (χ1v) is 4.49. The molecule has 0 saturated heterocycles. The van der Waals surface area contributed by atoms with Crippen molar-refractivity contribution in [1.29, 1.82) is 0 Å². The molecule has 10 heavy (non-hydrogen) atoms. The molecule has 1 rings (SSSR count). The molecule has 0 heterocycles. The van der Waals surface area contributed by atoms with Crippen molar-refractivity contribution in [2.45, 2.75) is 32.6 Å². The standard InChI is InChI=1S/C9H19N/c1-8-7-9(8)5-3-4-6-10-2/h8-10H,3-7H2,1-2H3. The first kappa shape index (κ1) is 8.06. The van der Waals surface area contributed by atoms with Crippen molar-refractivity contribution in [2.24, 2.45) is 11.8 Å². The van der Waals surface area contributed by atoms with Gasteiger partial charge in [-0.15, -0.1) is 0 Å². The van der Waals surface area contributed by atoms with Crippen LogP contribution < -0.4 is 5.32 Å². The minimum absolute atomic E-state index is 1.05. The molecule has 0 radical (unpaired) electrons. The molecule has 1 nitrogen and oxygen atoms in total. The van der Waals surface area contributed by atoms with Gasteiger partial charge in [-0.1, -0.05) is 19.8 Å². The molecule has 1 fully saturated rings. The third kappa shape index (κ3) is 2.70. The first-order chi connectivity index (χ1) is 4.84. The summed E-state index contributed by atoms with van der Waals surface area (Å²) in [5, 5.41) is 3.17. The Hall–Kier alpha value is -0.0400. The second kappa shape index (κ2) is 3.97. The number of rotatable bonds is 5. The number of nitrogens with one attached hydrogen (secondary N) is 1. The second-order valence-electron chi connectivity index (χ2n) is 3.57. The fourth-order valence-electron chi connectivity index (χ4n) is 1.51. The van der Waals surface area contributed by atoms with Crippen molar-refractivity contribution >= 4 is 0 Å². The third-order valence-electron chi connectivity index (χ3n) is 2.53. The van der Waals surface area contributed by atoms with E-state index in [-0.39, 0.29) is 0 Å². The average molecular weight is 141 g/mol. The molecule has 0 bridgehead atoms. The molecule has 0 aromatic carbocycles. The molecule has 0 aliphatic heterocycles. The summed E-state index contributed by atoms with van der Waals surface area (Å²) in [4.78, 5) is 0. The number of unbranched alkanes of at least 4 members (excludes halogenated alkanes) is 1. The van der Waals surface area contributed by atoms with E-state index in [1.54, 1.807) is 0 Å². The molecular formula is C9H19N. The van der Waals surface area contributed by atoms with Gasteiger partial charge in [0.2, 0.25) is 0 Å². The van der Waals surface area contributed by atoms with E-state index in [0.717, 1.165) is 11.8 Å². The van der Waals surface area contributed by atoms with Crippen molar-refractivity contribution in [1.82, 2.24) is 5.32 Å². The Labute approximate surface area is 64.2 Å². The SMILES string of the molecule is CNCCCCC1CC1C. The minimum atomic E-state index is 1.05. The van der Waals surface area contributed by atoms with Gasteiger partial charge >= 0.3 is 0 Å². The van der Waals surface area contributed by atoms with E-state index in [1.165, 1.54) is 32.2 Å². The van der Waals surface area contributed by atoms with Crippen molar-refractivity contribution in [3.63, 3.8) is 0 Å². The monoisotopic (exact) mass is 141 g/mol. The summed E-state index contributed by atoms with van der Waals surface area (Å²) in [6.07, 6.45) is 5.76. The van der Waals surface area contributed by atoms with Gasteiger partial charge in [-0.2, -0.15) is 0 Å². The molecule has 2 unspecified atom stereocenters. The van der Waals surface area contributed by atoms with Crippen LogP contribution in [0.4, 0.5) is 0 Å². The lowest BCUT2D eigenvalue weighted by Gasteiger charge is -1.97. The molecule has 0 aromatic heterocycles. The fraction of sp³-hybridized carbons (Fsp3) is 1.00. The van der Waals surface area contributed by atoms with Crippen molar-refractivity contribution in [3.8, 4) is 0 Å². The maximum absolute atomic E-state index is 3.17. The highest BCUT2D eigenvalue weighted by atomic mass is 14.8. The summed E-state index contributed by atoms with van der Waals surface area (Å²) >= 11 is 0. The van der Waals surface area contributed by atoms with E-state index < -0.39 is 0 Å². The van der Waals surface area contributed by atoms with Crippen LogP contribution in [0.5, 0.6) is 0 Å². The second-order valence-corrected chi connectivity index (χ2v) is 3.57. The van der Waals surface area contributed by atoms with Gasteiger partial charge < -0.3 is 5.32 Å². The van der Waals surface area contributed by atoms with Crippen LogP contribution in [-0.2, 0) is 0 Å². The predicted molar refractivity (Wildman–Crippen MR) is 45.0 cm³/mol. The smallest absolute Gasteiger partial charge is 0.00519 e. The number of hydrogen-bond donors (Lipinski definition) is 1. The Balaban J connectivity index is 1.78. The molecular weight excluding hydrogens is 122 g/mol. The van der Waals surface area contributed by atoms with E-state index >= 15 is 0 Å². The molecule has 2 atom stereocenters. The summed E-state index contributed by atoms with van der Waals surface area (Å²) in [6, 6.07) is 0. The van der Waals surface area contributed by atoms with E-state index in [2.05, 4.69) is 12.2 Å². The predicted octanol–water partition coefficient (Wildman–Crippen LogP) is 2.03. The molecule has 1 aliphatic carbocycles. The lowest BCUT2D eigenvalue weighted by molar-refractivity contribution is 0.585. The van der Waals surface area contributed by atoms with Crippen LogP contribution in [-0.4, -0.2) is 13.6 Å². The van der Waals surface area contributed by atoms with Gasteiger partial charge in [-0.25, -0.2) is 0 Å². The van der Waals surface area contributed by atoms with Gasteiger partial charge in [0.15, 0.2) is 0 Å². The summed E-state index contributed by atoms with van der Waals surface area (Å²) in [5.74, 6) is 2.14. The summed E-state index contributed by atoms with van der Waals surface area (Å²) in [7, 11) is 2.03. The Morgan fingerprint density at radius 1 is 1.40 bits per heavy atom. The van der Waals surface area contributed by atoms with E-state index in [9.17, 15) is 0 Å². The van der Waals surface area contributed by atoms with Gasteiger partial charge in [0.25, 0.3) is 0 Å². The molecule has 0 amide bonds. The van der Waals surface area contributed by atoms with Crippen LogP contribution in [0, 0.1) is 11.8 Å². The average Bonchev–Trinajstić information content (AvgIpc) is 2.60. The van der Waals surface area contributed by atoms with Crippen LogP contribution >= 0.6 is 0 Å². The highest BCUT2D eigenvalue weighted by molar-refractivity contribution is 4.81. The normalized spacial score (nSPS) is 30.6. The molecule has 1 aliphatic rings. The molecule has 60 valence electrons. The maximum Gasteiger partial charge on any atom is -0.00519 e. The summed E-state index contributed by atoms with van der Waals surface area (Å²) in [5.41, 5.74) is 0. The quantitative estimate of drug-likeness (QED) is 0.578. The van der Waals surface area contributed by atoms with Crippen LogP contribution in [0.25, 0.3) is 0 Å². The lowest BCUT2D eigenvalue weighted by Crippen LogP contribution is -2.07. The maximum atomic E-state index is 3.17. The zero-order chi connectivity index (χ0) is 7.40. The summed E-state index contributed by atoms with van der Waals surface area (Å²) < 4.78 is 0. The highest BCUT2D eigenvalue weighted by Gasteiger charge is 2.31. The molecule has 0 aromatic rings. The summed E-state index contributed by atoms with van der Waals surface area (Å²) in [6.45, 7) is 3.56. The molecule has 1 heteroatoms. The number of hydrogen-bond acceptors (Lipinski definition) is 1. The zero-order valence-electron chi connectivity index (χ0n) is 7.19. The topological polar surface area (TPSA) is 12.0 Å². The van der Waals surface area contributed by atoms with Gasteiger partial charge in [0.1, 0.15) is 0 Å². The van der Waals surface area contributed by atoms with Crippen LogP contribution in [0.2, 0.25) is 0 Å². The van der Waals surface area contributed by atoms with Gasteiger partial charge in [0, 0.05) is 0 Å². The Kier molecular flexibility index (Phi) is 3.20. The lowest BCUT2D eigenvalue weighted by atomic mass is 10.1. The van der Waals surface area contributed by atoms with Crippen molar-refractivity contribution in [3.05, 3.63) is 0 Å². The fourth-order valence-corrected chi connectivity index (χ4v) is 1.51. The Bertz CT molecular complexity index is 90.7. The largest absolute Gasteiger partial charge is 0.320 e. The van der Waals surface area contributed by atoms with Gasteiger partial charge in [-0.3, -0.25) is 0 Å². The van der Waals surface area contributed by atoms with Gasteiger partial charge in [-0.05, 0) is 38.3 Å². The van der Waals surface area contributed by atoms with Crippen molar-refractivity contribution < 1.29 is 0 Å². The Morgan fingerprint density at radius 3 is 2.60 bits per heavy atom. The van der Waals surface area contributed by atoms with Gasteiger partial charge in [0.05, 0.1) is 0 Å². The first-order valence-electron chi connectivity index (χ1n) is 4.49. The highest BCUT2D eigenvalue weighted by Crippen LogP contribution is 2.41. The molecule has 0 spiro atoms. The van der Waals surface area contributed by atoms with E-state index in [0.29, 0.717) is 0 Å². The van der Waals surface area contributed by atoms with Crippen molar-refractivity contribution in [2.75, 3.05) is 13.6 Å².